The van der Waals surface area contributed by atoms with Crippen LogP contribution in [0.2, 0.25) is 0 Å². The molecule has 206 valence electrons. The van der Waals surface area contributed by atoms with Crippen molar-refractivity contribution in [3.63, 3.8) is 0 Å². The van der Waals surface area contributed by atoms with Crippen molar-refractivity contribution in [3.05, 3.63) is 64.0 Å². The second kappa shape index (κ2) is 11.3. The number of hydrogen-bond donors (Lipinski definition) is 0. The van der Waals surface area contributed by atoms with Gasteiger partial charge in [0.2, 0.25) is 0 Å². The zero-order valence-corrected chi connectivity index (χ0v) is 24.1. The third-order valence-electron chi connectivity index (χ3n) is 8.60. The molecule has 3 aliphatic rings. The minimum Gasteiger partial charge on any atom is -0.488 e. The molecule has 6 nitrogen and oxygen atoms in total. The number of ether oxygens (including phenoxy) is 2. The van der Waals surface area contributed by atoms with Gasteiger partial charge in [-0.2, -0.15) is 0 Å². The highest BCUT2D eigenvalue weighted by Crippen LogP contribution is 2.40. The van der Waals surface area contributed by atoms with Crippen molar-refractivity contribution >= 4 is 22.4 Å². The van der Waals surface area contributed by atoms with Crippen LogP contribution in [0.1, 0.15) is 59.2 Å². The molecule has 1 amide bonds. The van der Waals surface area contributed by atoms with Crippen molar-refractivity contribution in [1.82, 2.24) is 9.88 Å². The Morgan fingerprint density at radius 1 is 1.13 bits per heavy atom. The molecule has 2 bridgehead atoms. The first kappa shape index (κ1) is 26.3. The third kappa shape index (κ3) is 5.85. The van der Waals surface area contributed by atoms with Crippen molar-refractivity contribution in [3.8, 4) is 17.0 Å². The van der Waals surface area contributed by atoms with Gasteiger partial charge in [-0.1, -0.05) is 17.7 Å². The van der Waals surface area contributed by atoms with Crippen molar-refractivity contribution in [2.45, 2.75) is 58.7 Å². The molecule has 3 atom stereocenters. The summed E-state index contributed by atoms with van der Waals surface area (Å²) in [7, 11) is 1.86. The number of fused-ring (bicyclic) bond motifs is 2. The average Bonchev–Trinajstić information content (AvgIpc) is 3.70. The van der Waals surface area contributed by atoms with Gasteiger partial charge in [-0.25, -0.2) is 4.98 Å². The largest absolute Gasteiger partial charge is 0.488 e. The van der Waals surface area contributed by atoms with E-state index in [4.69, 9.17) is 14.5 Å². The molecule has 1 saturated carbocycles. The van der Waals surface area contributed by atoms with Crippen LogP contribution >= 0.6 is 11.3 Å². The molecule has 2 saturated heterocycles. The zero-order valence-electron chi connectivity index (χ0n) is 23.3. The highest BCUT2D eigenvalue weighted by molar-refractivity contribution is 7.14. The normalized spacial score (nSPS) is 22.3. The van der Waals surface area contributed by atoms with E-state index in [1.807, 2.05) is 32.2 Å². The molecular formula is C32H39N3O3S. The van der Waals surface area contributed by atoms with E-state index in [1.165, 1.54) is 24.8 Å². The standard InChI is InChI=1S/C32H39N3O3S/c1-21-6-11-30(28(13-21)29-20-39-32(33-29)35-16-23-7-8-24(15-23)17-35)38-19-26-10-9-25(14-22(26)2)31(36)34(3)18-27-5-4-12-37-27/h6,9-11,13-14,20,23-24,27H,4-5,7-8,12,15-19H2,1-3H3/t23-,24+,27?. The Morgan fingerprint density at radius 3 is 2.69 bits per heavy atom. The number of piperidine rings is 1. The number of carbonyl (C=O) groups is 1. The second-order valence-electron chi connectivity index (χ2n) is 11.7. The summed E-state index contributed by atoms with van der Waals surface area (Å²) in [4.78, 5) is 22.3. The molecule has 1 aromatic heterocycles. The van der Waals surface area contributed by atoms with Gasteiger partial charge < -0.3 is 19.3 Å². The fourth-order valence-corrected chi connectivity index (χ4v) is 7.26. The fraction of sp³-hybridized carbons (Fsp3) is 0.500. The van der Waals surface area contributed by atoms with Gasteiger partial charge >= 0.3 is 0 Å². The molecule has 3 fully saturated rings. The first-order valence-electron chi connectivity index (χ1n) is 14.3. The van der Waals surface area contributed by atoms with Crippen LogP contribution in [0.5, 0.6) is 5.75 Å². The van der Waals surface area contributed by atoms with Crippen LogP contribution < -0.4 is 9.64 Å². The van der Waals surface area contributed by atoms with Crippen LogP contribution in [0.15, 0.2) is 41.8 Å². The lowest BCUT2D eigenvalue weighted by Gasteiger charge is -2.31. The Morgan fingerprint density at radius 2 is 1.95 bits per heavy atom. The highest BCUT2D eigenvalue weighted by atomic mass is 32.1. The van der Waals surface area contributed by atoms with E-state index in [-0.39, 0.29) is 12.0 Å². The summed E-state index contributed by atoms with van der Waals surface area (Å²) in [5.41, 5.74) is 6.04. The van der Waals surface area contributed by atoms with Gasteiger partial charge in [-0.15, -0.1) is 11.3 Å². The number of aryl methyl sites for hydroxylation is 2. The number of hydrogen-bond acceptors (Lipinski definition) is 6. The number of thiazole rings is 1. The summed E-state index contributed by atoms with van der Waals surface area (Å²) in [6, 6.07) is 12.2. The van der Waals surface area contributed by atoms with Gasteiger partial charge in [0.1, 0.15) is 12.4 Å². The Labute approximate surface area is 236 Å². The molecule has 3 aromatic rings. The van der Waals surface area contributed by atoms with Crippen LogP contribution in [0.4, 0.5) is 5.13 Å². The monoisotopic (exact) mass is 545 g/mol. The molecule has 0 N–H and O–H groups in total. The van der Waals surface area contributed by atoms with Crippen LogP contribution in [0.3, 0.4) is 0 Å². The van der Waals surface area contributed by atoms with Crippen molar-refractivity contribution in [1.29, 1.82) is 0 Å². The van der Waals surface area contributed by atoms with E-state index in [1.54, 1.807) is 16.2 Å². The molecule has 2 aliphatic heterocycles. The molecule has 1 unspecified atom stereocenters. The quantitative estimate of drug-likeness (QED) is 0.324. The van der Waals surface area contributed by atoms with E-state index in [9.17, 15) is 4.79 Å². The number of rotatable bonds is 8. The summed E-state index contributed by atoms with van der Waals surface area (Å²) < 4.78 is 12.1. The van der Waals surface area contributed by atoms with E-state index < -0.39 is 0 Å². The molecule has 0 spiro atoms. The van der Waals surface area contributed by atoms with Crippen LogP contribution in [-0.4, -0.2) is 55.2 Å². The average molecular weight is 546 g/mol. The van der Waals surface area contributed by atoms with E-state index in [2.05, 4.69) is 35.4 Å². The molecule has 1 aliphatic carbocycles. The molecule has 3 heterocycles. The van der Waals surface area contributed by atoms with Gasteiger partial charge in [-0.3, -0.25) is 4.79 Å². The van der Waals surface area contributed by atoms with E-state index >= 15 is 0 Å². The summed E-state index contributed by atoms with van der Waals surface area (Å²) in [5.74, 6) is 2.54. The summed E-state index contributed by atoms with van der Waals surface area (Å²) >= 11 is 1.75. The van der Waals surface area contributed by atoms with Gasteiger partial charge in [0.15, 0.2) is 5.13 Å². The minimum atomic E-state index is 0.0305. The topological polar surface area (TPSA) is 54.9 Å². The predicted molar refractivity (Wildman–Crippen MR) is 157 cm³/mol. The molecule has 0 radical (unpaired) electrons. The summed E-state index contributed by atoms with van der Waals surface area (Å²) in [5, 5.41) is 3.31. The molecule has 2 aromatic carbocycles. The third-order valence-corrected chi connectivity index (χ3v) is 9.50. The summed E-state index contributed by atoms with van der Waals surface area (Å²) in [6.07, 6.45) is 6.39. The SMILES string of the molecule is Cc1ccc(OCc2ccc(C(=O)N(C)CC3CCCO3)cc2C)c(-c2csc(N3C[C@@H]4CC[C@@H](C4)C3)n2)c1. The van der Waals surface area contributed by atoms with Crippen LogP contribution in [0.25, 0.3) is 11.3 Å². The number of benzene rings is 2. The van der Waals surface area contributed by atoms with Crippen molar-refractivity contribution in [2.24, 2.45) is 11.8 Å². The molecule has 39 heavy (non-hydrogen) atoms. The summed E-state index contributed by atoms with van der Waals surface area (Å²) in [6.45, 7) is 8.31. The number of likely N-dealkylation sites (N-methyl/N-ethyl adjacent to an activating group) is 1. The van der Waals surface area contributed by atoms with Crippen molar-refractivity contribution < 1.29 is 14.3 Å². The smallest absolute Gasteiger partial charge is 0.253 e. The Balaban J connectivity index is 1.14. The number of nitrogens with zero attached hydrogens (tertiary/aromatic N) is 3. The molecule has 7 heteroatoms. The Kier molecular flexibility index (Phi) is 7.63. The Hall–Kier alpha value is -2.90. The number of aromatic nitrogens is 1. The lowest BCUT2D eigenvalue weighted by atomic mass is 9.99. The van der Waals surface area contributed by atoms with Gasteiger partial charge in [-0.05, 0) is 93.2 Å². The lowest BCUT2D eigenvalue weighted by molar-refractivity contribution is 0.0587. The maximum absolute atomic E-state index is 13.0. The number of carbonyl (C=O) groups excluding carboxylic acids is 1. The molecule has 6 rings (SSSR count). The van der Waals surface area contributed by atoms with Gasteiger partial charge in [0.05, 0.1) is 11.8 Å². The van der Waals surface area contributed by atoms with Gasteiger partial charge in [0, 0.05) is 49.8 Å². The second-order valence-corrected chi connectivity index (χ2v) is 12.6. The highest BCUT2D eigenvalue weighted by Gasteiger charge is 2.34. The predicted octanol–water partition coefficient (Wildman–Crippen LogP) is 6.49. The first-order chi connectivity index (χ1) is 18.9. The first-order valence-corrected chi connectivity index (χ1v) is 15.2. The van der Waals surface area contributed by atoms with Gasteiger partial charge in [0.25, 0.3) is 5.91 Å². The molecular weight excluding hydrogens is 506 g/mol. The maximum atomic E-state index is 13.0. The zero-order chi connectivity index (χ0) is 26.9. The lowest BCUT2D eigenvalue weighted by Crippen LogP contribution is -2.36. The van der Waals surface area contributed by atoms with Crippen molar-refractivity contribution in [2.75, 3.05) is 38.2 Å². The van der Waals surface area contributed by atoms with Crippen LogP contribution in [0, 0.1) is 25.7 Å². The number of anilines is 1. The Bertz CT molecular complexity index is 1320. The minimum absolute atomic E-state index is 0.0305. The van der Waals surface area contributed by atoms with E-state index in [0.29, 0.717) is 18.7 Å². The maximum Gasteiger partial charge on any atom is 0.253 e. The van der Waals surface area contributed by atoms with Crippen LogP contribution in [-0.2, 0) is 11.3 Å². The fourth-order valence-electron chi connectivity index (χ4n) is 6.41. The van der Waals surface area contributed by atoms with E-state index in [0.717, 1.165) is 77.6 Å². The number of amides is 1.